The summed E-state index contributed by atoms with van der Waals surface area (Å²) in [5.74, 6) is 0. The van der Waals surface area contributed by atoms with Crippen molar-refractivity contribution in [3.63, 3.8) is 0 Å². The third-order valence-electron chi connectivity index (χ3n) is 3.26. The second-order valence-corrected chi connectivity index (χ2v) is 5.11. The first-order valence-corrected chi connectivity index (χ1v) is 6.82. The molecule has 1 aromatic heterocycles. The summed E-state index contributed by atoms with van der Waals surface area (Å²) < 4.78 is 13.8. The first-order valence-electron chi connectivity index (χ1n) is 6.44. The Labute approximate surface area is 125 Å². The summed E-state index contributed by atoms with van der Waals surface area (Å²) in [5, 5.41) is 4.52. The molecule has 21 heavy (non-hydrogen) atoms. The number of para-hydroxylation sites is 1. The van der Waals surface area contributed by atoms with Crippen LogP contribution in [0, 0.1) is 0 Å². The highest BCUT2D eigenvalue weighted by Crippen LogP contribution is 2.20. The number of aromatic nitrogens is 1. The Hall–Kier alpha value is -2.33. The second-order valence-electron chi connectivity index (χ2n) is 4.67. The molecule has 106 valence electrons. The molecule has 3 rings (SSSR count). The summed E-state index contributed by atoms with van der Waals surface area (Å²) in [5.41, 5.74) is 1.19. The lowest BCUT2D eigenvalue weighted by atomic mass is 10.1. The molecule has 0 spiro atoms. The van der Waals surface area contributed by atoms with Gasteiger partial charge < -0.3 is 5.32 Å². The lowest BCUT2D eigenvalue weighted by molar-refractivity contribution is 0.371. The normalized spacial score (nSPS) is 10.8. The van der Waals surface area contributed by atoms with E-state index in [0.29, 0.717) is 17.0 Å². The maximum atomic E-state index is 13.8. The van der Waals surface area contributed by atoms with Crippen molar-refractivity contribution < 1.29 is 4.48 Å². The Morgan fingerprint density at radius 1 is 1.10 bits per heavy atom. The molecular weight excluding hydrogens is 291 g/mol. The fourth-order valence-corrected chi connectivity index (χ4v) is 2.45. The van der Waals surface area contributed by atoms with Gasteiger partial charge in [0.1, 0.15) is 0 Å². The number of halogens is 2. The molecular formula is C16H12ClFN2O. The predicted molar refractivity (Wildman–Crippen MR) is 83.5 cm³/mol. The van der Waals surface area contributed by atoms with Crippen molar-refractivity contribution in [2.45, 2.75) is 6.54 Å². The van der Waals surface area contributed by atoms with E-state index in [-0.39, 0.29) is 10.3 Å². The summed E-state index contributed by atoms with van der Waals surface area (Å²) in [6.07, 6.45) is 0. The van der Waals surface area contributed by atoms with Crippen molar-refractivity contribution >= 4 is 28.2 Å². The van der Waals surface area contributed by atoms with E-state index in [1.54, 1.807) is 30.3 Å². The Morgan fingerprint density at radius 3 is 2.71 bits per heavy atom. The molecule has 3 aromatic rings. The number of hydrogen-bond donors (Lipinski definition) is 1. The Bertz CT molecular complexity index is 860. The first-order chi connectivity index (χ1) is 10.1. The van der Waals surface area contributed by atoms with Crippen LogP contribution in [0.4, 0.5) is 10.2 Å². The van der Waals surface area contributed by atoms with Gasteiger partial charge in [-0.1, -0.05) is 40.3 Å². The average Bonchev–Trinajstić information content (AvgIpc) is 2.50. The summed E-state index contributed by atoms with van der Waals surface area (Å²) in [6.45, 7) is 0.414. The van der Waals surface area contributed by atoms with Gasteiger partial charge in [-0.25, -0.2) is 0 Å². The van der Waals surface area contributed by atoms with Crippen LogP contribution in [0.15, 0.2) is 59.4 Å². The molecule has 1 heterocycles. The number of rotatable bonds is 3. The van der Waals surface area contributed by atoms with E-state index >= 15 is 0 Å². The molecule has 0 fully saturated rings. The standard InChI is InChI=1S/C16H12ClFN2O/c17-12-4-3-5-13(9-12)19-10-11-8-16(21)20(18)15-7-2-1-6-14(11)15/h1-9,19H,10H2. The Balaban J connectivity index is 1.98. The third kappa shape index (κ3) is 2.76. The molecule has 5 heteroatoms. The largest absolute Gasteiger partial charge is 0.381 e. The number of pyridine rings is 1. The van der Waals surface area contributed by atoms with Gasteiger partial charge in [-0.3, -0.25) is 4.79 Å². The van der Waals surface area contributed by atoms with Crippen LogP contribution in [0.25, 0.3) is 10.9 Å². The lowest BCUT2D eigenvalue weighted by Gasteiger charge is -2.10. The zero-order valence-electron chi connectivity index (χ0n) is 11.0. The minimum Gasteiger partial charge on any atom is -0.381 e. The first kappa shape index (κ1) is 13.6. The van der Waals surface area contributed by atoms with E-state index in [4.69, 9.17) is 11.6 Å². The SMILES string of the molecule is O=c1cc(CNc2cccc(Cl)c2)c2ccccc2n1F. The summed E-state index contributed by atoms with van der Waals surface area (Å²) >= 11 is 5.92. The van der Waals surface area contributed by atoms with E-state index in [2.05, 4.69) is 5.32 Å². The number of hydrogen-bond acceptors (Lipinski definition) is 2. The minimum atomic E-state index is -0.670. The fraction of sp³-hybridized carbons (Fsp3) is 0.0625. The lowest BCUT2D eigenvalue weighted by Crippen LogP contribution is -2.15. The van der Waals surface area contributed by atoms with Crippen molar-refractivity contribution in [3.05, 3.63) is 75.5 Å². The highest BCUT2D eigenvalue weighted by Gasteiger charge is 2.08. The number of anilines is 1. The zero-order valence-corrected chi connectivity index (χ0v) is 11.8. The van der Waals surface area contributed by atoms with Crippen LogP contribution >= 0.6 is 11.6 Å². The van der Waals surface area contributed by atoms with Gasteiger partial charge in [-0.15, -0.1) is 4.79 Å². The molecule has 0 atom stereocenters. The highest BCUT2D eigenvalue weighted by molar-refractivity contribution is 6.30. The monoisotopic (exact) mass is 302 g/mol. The Morgan fingerprint density at radius 2 is 1.90 bits per heavy atom. The zero-order chi connectivity index (χ0) is 14.8. The second kappa shape index (κ2) is 5.58. The van der Waals surface area contributed by atoms with Crippen LogP contribution in [0.2, 0.25) is 5.02 Å². The van der Waals surface area contributed by atoms with Crippen molar-refractivity contribution in [2.24, 2.45) is 0 Å². The van der Waals surface area contributed by atoms with Crippen LogP contribution in [0.3, 0.4) is 0 Å². The number of benzene rings is 2. The van der Waals surface area contributed by atoms with E-state index in [9.17, 15) is 9.28 Å². The number of nitrogens with zero attached hydrogens (tertiary/aromatic N) is 1. The molecule has 0 bridgehead atoms. The van der Waals surface area contributed by atoms with Gasteiger partial charge in [-0.05, 0) is 29.8 Å². The van der Waals surface area contributed by atoms with Gasteiger partial charge in [-0.2, -0.15) is 0 Å². The summed E-state index contributed by atoms with van der Waals surface area (Å²) in [4.78, 5) is 11.8. The molecule has 0 aliphatic rings. The topological polar surface area (TPSA) is 34.0 Å². The summed E-state index contributed by atoms with van der Waals surface area (Å²) in [6, 6.07) is 15.5. The molecule has 2 aromatic carbocycles. The number of nitrogens with one attached hydrogen (secondary N) is 1. The average molecular weight is 303 g/mol. The minimum absolute atomic E-state index is 0.165. The molecule has 0 amide bonds. The van der Waals surface area contributed by atoms with Crippen molar-refractivity contribution in [1.29, 1.82) is 0 Å². The molecule has 1 N–H and O–H groups in total. The molecule has 0 aliphatic carbocycles. The molecule has 0 saturated carbocycles. The van der Waals surface area contributed by atoms with E-state index in [1.165, 1.54) is 6.07 Å². The predicted octanol–water partition coefficient (Wildman–Crippen LogP) is 4.00. The van der Waals surface area contributed by atoms with Crippen LogP contribution in [0.5, 0.6) is 0 Å². The van der Waals surface area contributed by atoms with E-state index in [1.807, 2.05) is 18.2 Å². The molecule has 0 saturated heterocycles. The highest BCUT2D eigenvalue weighted by atomic mass is 35.5. The van der Waals surface area contributed by atoms with Gasteiger partial charge >= 0.3 is 0 Å². The Kier molecular flexibility index (Phi) is 3.62. The molecule has 3 nitrogen and oxygen atoms in total. The van der Waals surface area contributed by atoms with Crippen molar-refractivity contribution in [2.75, 3.05) is 5.32 Å². The smallest absolute Gasteiger partial charge is 0.279 e. The quantitative estimate of drug-likeness (QED) is 0.793. The number of fused-ring (bicyclic) bond motifs is 1. The van der Waals surface area contributed by atoms with Gasteiger partial charge in [0, 0.05) is 28.7 Å². The third-order valence-corrected chi connectivity index (χ3v) is 3.50. The van der Waals surface area contributed by atoms with Crippen LogP contribution < -0.4 is 10.9 Å². The fourth-order valence-electron chi connectivity index (χ4n) is 2.26. The maximum absolute atomic E-state index is 13.8. The van der Waals surface area contributed by atoms with Gasteiger partial charge in [0.15, 0.2) is 0 Å². The molecule has 0 aliphatic heterocycles. The van der Waals surface area contributed by atoms with Crippen molar-refractivity contribution in [1.82, 2.24) is 4.79 Å². The van der Waals surface area contributed by atoms with E-state index in [0.717, 1.165) is 11.3 Å². The molecule has 0 radical (unpaired) electrons. The molecule has 0 unspecified atom stereocenters. The van der Waals surface area contributed by atoms with Crippen LogP contribution in [-0.4, -0.2) is 4.79 Å². The van der Waals surface area contributed by atoms with E-state index < -0.39 is 5.56 Å². The maximum Gasteiger partial charge on any atom is 0.279 e. The van der Waals surface area contributed by atoms with Crippen LogP contribution in [-0.2, 0) is 6.54 Å². The van der Waals surface area contributed by atoms with Gasteiger partial charge in [0.2, 0.25) is 0 Å². The van der Waals surface area contributed by atoms with Crippen LogP contribution in [0.1, 0.15) is 5.56 Å². The van der Waals surface area contributed by atoms with Gasteiger partial charge in [0.05, 0.1) is 5.52 Å². The van der Waals surface area contributed by atoms with Gasteiger partial charge in [0.25, 0.3) is 5.56 Å². The van der Waals surface area contributed by atoms with Crippen molar-refractivity contribution in [3.8, 4) is 0 Å². The summed E-state index contributed by atoms with van der Waals surface area (Å²) in [7, 11) is 0.